The van der Waals surface area contributed by atoms with Crippen LogP contribution in [0.1, 0.15) is 40.0 Å². The lowest BCUT2D eigenvalue weighted by atomic mass is 9.78. The van der Waals surface area contributed by atoms with E-state index >= 15 is 0 Å². The molecule has 1 aliphatic heterocycles. The van der Waals surface area contributed by atoms with Crippen LogP contribution in [0.4, 0.5) is 4.79 Å². The van der Waals surface area contributed by atoms with E-state index in [2.05, 4.69) is 10.3 Å². The number of imide groups is 1. The van der Waals surface area contributed by atoms with Crippen LogP contribution in [-0.2, 0) is 4.79 Å². The number of carbonyl (C=O) groups is 2. The highest BCUT2D eigenvalue weighted by Gasteiger charge is 2.48. The van der Waals surface area contributed by atoms with Crippen LogP contribution in [0.3, 0.4) is 0 Å². The predicted molar refractivity (Wildman–Crippen MR) is 66.9 cm³/mol. The molecule has 1 saturated heterocycles. The van der Waals surface area contributed by atoms with Gasteiger partial charge in [0.1, 0.15) is 11.3 Å². The highest BCUT2D eigenvalue weighted by molar-refractivity contribution is 6.20. The molecule has 1 rings (SSSR count). The van der Waals surface area contributed by atoms with Gasteiger partial charge in [-0.3, -0.25) is 20.0 Å². The summed E-state index contributed by atoms with van der Waals surface area (Å²) in [6.07, 6.45) is 2.19. The summed E-state index contributed by atoms with van der Waals surface area (Å²) < 4.78 is 0. The number of nitrogens with one attached hydrogen (secondary N) is 1. The summed E-state index contributed by atoms with van der Waals surface area (Å²) in [5, 5.41) is 2.74. The van der Waals surface area contributed by atoms with E-state index in [4.69, 9.17) is 0 Å². The standard InChI is InChI=1S/C12H21N3O2/c1-5-8-13-9-12(6-2,7-3)10(16)15(4)11(17)14-9/h5-8H2,1-4H3,(H,13,14,17). The fraction of sp³-hybridized carbons (Fsp3) is 0.750. The zero-order valence-corrected chi connectivity index (χ0v) is 11.0. The third-order valence-corrected chi connectivity index (χ3v) is 3.40. The molecule has 5 nitrogen and oxygen atoms in total. The van der Waals surface area contributed by atoms with Gasteiger partial charge < -0.3 is 0 Å². The highest BCUT2D eigenvalue weighted by Crippen LogP contribution is 2.32. The summed E-state index contributed by atoms with van der Waals surface area (Å²) in [5.74, 6) is 0.388. The molecule has 0 unspecified atom stereocenters. The Morgan fingerprint density at radius 1 is 1.24 bits per heavy atom. The van der Waals surface area contributed by atoms with Gasteiger partial charge in [0.05, 0.1) is 0 Å². The second-order valence-electron chi connectivity index (χ2n) is 4.31. The van der Waals surface area contributed by atoms with Gasteiger partial charge in [0.2, 0.25) is 5.91 Å². The van der Waals surface area contributed by atoms with E-state index in [0.717, 1.165) is 11.3 Å². The predicted octanol–water partition coefficient (Wildman–Crippen LogP) is 1.78. The molecule has 0 aromatic heterocycles. The number of amides is 3. The number of nitrogens with zero attached hydrogens (tertiary/aromatic N) is 2. The normalized spacial score (nSPS) is 21.9. The summed E-state index contributed by atoms with van der Waals surface area (Å²) in [6.45, 7) is 6.55. The molecule has 96 valence electrons. The van der Waals surface area contributed by atoms with Gasteiger partial charge in [0.15, 0.2) is 0 Å². The molecule has 0 spiro atoms. The molecule has 0 aromatic rings. The van der Waals surface area contributed by atoms with E-state index < -0.39 is 5.41 Å². The number of carbonyl (C=O) groups excluding carboxylic acids is 2. The van der Waals surface area contributed by atoms with Crippen molar-refractivity contribution < 1.29 is 9.59 Å². The molecular formula is C12H21N3O2. The van der Waals surface area contributed by atoms with Crippen molar-refractivity contribution in [3.8, 4) is 0 Å². The van der Waals surface area contributed by atoms with Gasteiger partial charge >= 0.3 is 6.03 Å². The lowest BCUT2D eigenvalue weighted by Crippen LogP contribution is -2.62. The molecule has 1 aliphatic rings. The average molecular weight is 239 g/mol. The number of amidine groups is 1. The van der Waals surface area contributed by atoms with Crippen molar-refractivity contribution in [3.63, 3.8) is 0 Å². The smallest absolute Gasteiger partial charge is 0.295 e. The molecule has 3 amide bonds. The maximum absolute atomic E-state index is 12.3. The minimum absolute atomic E-state index is 0.152. The minimum Gasteiger partial charge on any atom is -0.295 e. The van der Waals surface area contributed by atoms with Crippen molar-refractivity contribution in [2.24, 2.45) is 10.4 Å². The van der Waals surface area contributed by atoms with Gasteiger partial charge in [-0.2, -0.15) is 0 Å². The molecule has 1 N–H and O–H groups in total. The zero-order valence-electron chi connectivity index (χ0n) is 11.0. The fourth-order valence-electron chi connectivity index (χ4n) is 2.12. The number of aliphatic imine (C=N–C) groups is 1. The summed E-state index contributed by atoms with van der Waals surface area (Å²) in [5.41, 5.74) is -0.655. The molecule has 1 heterocycles. The summed E-state index contributed by atoms with van der Waals surface area (Å²) in [7, 11) is 1.51. The second-order valence-corrected chi connectivity index (χ2v) is 4.31. The van der Waals surface area contributed by atoms with Crippen molar-refractivity contribution in [1.29, 1.82) is 0 Å². The fourth-order valence-corrected chi connectivity index (χ4v) is 2.12. The Morgan fingerprint density at radius 3 is 2.29 bits per heavy atom. The van der Waals surface area contributed by atoms with Crippen molar-refractivity contribution in [3.05, 3.63) is 0 Å². The van der Waals surface area contributed by atoms with Crippen molar-refractivity contribution >= 4 is 17.8 Å². The Kier molecular flexibility index (Phi) is 4.26. The van der Waals surface area contributed by atoms with Crippen molar-refractivity contribution in [1.82, 2.24) is 10.2 Å². The van der Waals surface area contributed by atoms with Crippen LogP contribution in [0, 0.1) is 5.41 Å². The molecule has 17 heavy (non-hydrogen) atoms. The molecule has 0 aliphatic carbocycles. The molecule has 0 bridgehead atoms. The zero-order chi connectivity index (χ0) is 13.1. The van der Waals surface area contributed by atoms with Gasteiger partial charge in [-0.25, -0.2) is 4.79 Å². The topological polar surface area (TPSA) is 61.8 Å². The van der Waals surface area contributed by atoms with Gasteiger partial charge in [0.25, 0.3) is 0 Å². The van der Waals surface area contributed by atoms with Crippen LogP contribution in [0.5, 0.6) is 0 Å². The van der Waals surface area contributed by atoms with Gasteiger partial charge in [-0.05, 0) is 19.3 Å². The molecular weight excluding hydrogens is 218 g/mol. The Bertz CT molecular complexity index is 346. The quantitative estimate of drug-likeness (QED) is 0.813. The van der Waals surface area contributed by atoms with Crippen LogP contribution in [0.2, 0.25) is 0 Å². The van der Waals surface area contributed by atoms with Crippen molar-refractivity contribution in [2.45, 2.75) is 40.0 Å². The minimum atomic E-state index is -0.655. The highest BCUT2D eigenvalue weighted by atomic mass is 16.2. The monoisotopic (exact) mass is 239 g/mol. The molecule has 5 heteroatoms. The number of urea groups is 1. The van der Waals surface area contributed by atoms with E-state index in [1.807, 2.05) is 20.8 Å². The first-order valence-electron chi connectivity index (χ1n) is 6.17. The van der Waals surface area contributed by atoms with Crippen LogP contribution < -0.4 is 5.32 Å². The number of hydrogen-bond acceptors (Lipinski definition) is 3. The lowest BCUT2D eigenvalue weighted by Gasteiger charge is -2.39. The summed E-state index contributed by atoms with van der Waals surface area (Å²) >= 11 is 0. The first kappa shape index (κ1) is 13.7. The van der Waals surface area contributed by atoms with E-state index in [-0.39, 0.29) is 11.9 Å². The molecule has 0 saturated carbocycles. The summed E-state index contributed by atoms with van der Waals surface area (Å²) in [6, 6.07) is -0.387. The van der Waals surface area contributed by atoms with E-state index in [1.165, 1.54) is 7.05 Å². The van der Waals surface area contributed by atoms with E-state index in [1.54, 1.807) is 0 Å². The Balaban J connectivity index is 3.16. The van der Waals surface area contributed by atoms with Crippen LogP contribution >= 0.6 is 0 Å². The molecule has 0 atom stereocenters. The Hall–Kier alpha value is -1.39. The maximum atomic E-state index is 12.3. The number of rotatable bonds is 4. The van der Waals surface area contributed by atoms with Crippen LogP contribution in [-0.4, -0.2) is 36.3 Å². The third-order valence-electron chi connectivity index (χ3n) is 3.40. The van der Waals surface area contributed by atoms with Gasteiger partial charge in [0, 0.05) is 13.6 Å². The first-order valence-corrected chi connectivity index (χ1v) is 6.17. The Labute approximate surface area is 102 Å². The Morgan fingerprint density at radius 2 is 1.82 bits per heavy atom. The van der Waals surface area contributed by atoms with Crippen molar-refractivity contribution in [2.75, 3.05) is 13.6 Å². The third kappa shape index (κ3) is 2.18. The molecule has 1 fully saturated rings. The lowest BCUT2D eigenvalue weighted by molar-refractivity contribution is -0.135. The SMILES string of the molecule is CCCN=C1NC(=O)N(C)C(=O)C1(CC)CC. The van der Waals surface area contributed by atoms with E-state index in [9.17, 15) is 9.59 Å². The van der Waals surface area contributed by atoms with Gasteiger partial charge in [-0.15, -0.1) is 0 Å². The van der Waals surface area contributed by atoms with Crippen LogP contribution in [0.15, 0.2) is 4.99 Å². The van der Waals surface area contributed by atoms with Crippen LogP contribution in [0.25, 0.3) is 0 Å². The second kappa shape index (κ2) is 5.29. The van der Waals surface area contributed by atoms with Gasteiger partial charge in [-0.1, -0.05) is 20.8 Å². The largest absolute Gasteiger partial charge is 0.329 e. The van der Waals surface area contributed by atoms with E-state index in [0.29, 0.717) is 25.2 Å². The molecule has 0 aromatic carbocycles. The molecule has 0 radical (unpaired) electrons. The number of hydrogen-bond donors (Lipinski definition) is 1. The maximum Gasteiger partial charge on any atom is 0.329 e. The average Bonchev–Trinajstić information content (AvgIpc) is 2.34. The first-order chi connectivity index (χ1) is 8.03. The summed E-state index contributed by atoms with van der Waals surface area (Å²) in [4.78, 5) is 29.4.